The van der Waals surface area contributed by atoms with Crippen LogP contribution in [0.1, 0.15) is 16.9 Å². The molecule has 0 spiro atoms. The summed E-state index contributed by atoms with van der Waals surface area (Å²) in [4.78, 5) is 5.00. The van der Waals surface area contributed by atoms with Crippen LogP contribution in [-0.2, 0) is 3.66 Å². The molecular weight excluding hydrogens is 470 g/mol. The van der Waals surface area contributed by atoms with Crippen LogP contribution in [0.4, 0.5) is 17.1 Å². The molecule has 3 aromatic carbocycles. The lowest BCUT2D eigenvalue weighted by molar-refractivity contribution is 0.934. The summed E-state index contributed by atoms with van der Waals surface area (Å²) in [6.07, 6.45) is 3.32. The van der Waals surface area contributed by atoms with Crippen LogP contribution in [0.2, 0.25) is 0 Å². The highest BCUT2D eigenvalue weighted by Crippen LogP contribution is 2.57. The fourth-order valence-electron chi connectivity index (χ4n) is 3.69. The minimum absolute atomic E-state index is 0.102. The van der Waals surface area contributed by atoms with E-state index in [2.05, 4.69) is 129 Å². The molecule has 148 valence electrons. The van der Waals surface area contributed by atoms with Gasteiger partial charge in [-0.2, -0.15) is 0 Å². The van der Waals surface area contributed by atoms with Gasteiger partial charge in [-0.1, -0.05) is 76.6 Å². The number of para-hydroxylation sites is 2. The maximum Gasteiger partial charge on any atom is 0.104 e. The molecule has 4 heteroatoms. The number of alkyl halides is 1. The molecule has 5 rings (SSSR count). The van der Waals surface area contributed by atoms with Gasteiger partial charge in [-0.25, -0.2) is 0 Å². The van der Waals surface area contributed by atoms with Crippen molar-refractivity contribution in [3.8, 4) is 0 Å². The first-order valence-corrected chi connectivity index (χ1v) is 12.3. The van der Waals surface area contributed by atoms with Gasteiger partial charge in [0, 0.05) is 26.8 Å². The standard InChI is InChI=1S/C26H20BrNS2/c27-26(18-17-25(30-26)24-12-7-19-29-24)20-13-15-23(16-14-20)28(21-8-3-1-4-9-21)22-10-5-2-6-11-22/h1-17,19H,18H2. The second-order valence-corrected chi connectivity index (χ2v) is 11.3. The van der Waals surface area contributed by atoms with Gasteiger partial charge in [0.2, 0.25) is 0 Å². The van der Waals surface area contributed by atoms with E-state index in [1.807, 2.05) is 11.8 Å². The Labute approximate surface area is 194 Å². The second kappa shape index (κ2) is 8.46. The van der Waals surface area contributed by atoms with E-state index in [1.54, 1.807) is 11.3 Å². The van der Waals surface area contributed by atoms with Gasteiger partial charge < -0.3 is 4.90 Å². The minimum Gasteiger partial charge on any atom is -0.311 e. The number of allylic oxidation sites excluding steroid dienone is 1. The Morgan fingerprint density at radius 2 is 1.30 bits per heavy atom. The average Bonchev–Trinajstić information content (AvgIpc) is 3.47. The Morgan fingerprint density at radius 3 is 1.87 bits per heavy atom. The fraction of sp³-hybridized carbons (Fsp3) is 0.0769. The van der Waals surface area contributed by atoms with Gasteiger partial charge in [0.05, 0.1) is 0 Å². The summed E-state index contributed by atoms with van der Waals surface area (Å²) in [7, 11) is 0. The SMILES string of the molecule is BrC1(c2ccc(N(c3ccccc3)c3ccccc3)cc2)CC=C(c2cccs2)S1. The highest BCUT2D eigenvalue weighted by Gasteiger charge is 2.35. The highest BCUT2D eigenvalue weighted by molar-refractivity contribution is 9.11. The molecule has 1 nitrogen and oxygen atoms in total. The molecule has 1 atom stereocenters. The van der Waals surface area contributed by atoms with Crippen molar-refractivity contribution in [2.24, 2.45) is 0 Å². The van der Waals surface area contributed by atoms with Crippen LogP contribution in [0, 0.1) is 0 Å². The van der Waals surface area contributed by atoms with Gasteiger partial charge in [-0.15, -0.1) is 23.1 Å². The summed E-state index contributed by atoms with van der Waals surface area (Å²) in [6.45, 7) is 0. The Balaban J connectivity index is 1.45. The number of thiophene rings is 1. The zero-order valence-electron chi connectivity index (χ0n) is 16.2. The predicted octanol–water partition coefficient (Wildman–Crippen LogP) is 8.94. The van der Waals surface area contributed by atoms with E-state index in [0.717, 1.165) is 23.5 Å². The van der Waals surface area contributed by atoms with Gasteiger partial charge in [-0.05, 0) is 59.8 Å². The molecular formula is C26H20BrNS2. The highest BCUT2D eigenvalue weighted by atomic mass is 79.9. The summed E-state index contributed by atoms with van der Waals surface area (Å²) >= 11 is 7.74. The van der Waals surface area contributed by atoms with Gasteiger partial charge >= 0.3 is 0 Å². The first-order valence-electron chi connectivity index (χ1n) is 9.86. The topological polar surface area (TPSA) is 3.24 Å². The van der Waals surface area contributed by atoms with E-state index < -0.39 is 0 Å². The Bertz CT molecular complexity index is 1100. The van der Waals surface area contributed by atoms with Gasteiger partial charge in [0.25, 0.3) is 0 Å². The van der Waals surface area contributed by atoms with Crippen LogP contribution in [0.5, 0.6) is 0 Å². The van der Waals surface area contributed by atoms with Crippen LogP contribution in [0.25, 0.3) is 4.91 Å². The van der Waals surface area contributed by atoms with E-state index >= 15 is 0 Å². The van der Waals surface area contributed by atoms with Crippen LogP contribution >= 0.6 is 39.0 Å². The number of hydrogen-bond donors (Lipinski definition) is 0. The summed E-state index contributed by atoms with van der Waals surface area (Å²) in [6, 6.07) is 34.3. The molecule has 30 heavy (non-hydrogen) atoms. The molecule has 0 fully saturated rings. The summed E-state index contributed by atoms with van der Waals surface area (Å²) in [5, 5.41) is 2.14. The van der Waals surface area contributed by atoms with Crippen molar-refractivity contribution in [1.82, 2.24) is 0 Å². The molecule has 0 saturated carbocycles. The molecule has 1 aromatic heterocycles. The first-order chi connectivity index (χ1) is 14.7. The number of anilines is 3. The number of nitrogens with zero attached hydrogens (tertiary/aromatic N) is 1. The van der Waals surface area contributed by atoms with E-state index in [-0.39, 0.29) is 3.66 Å². The van der Waals surface area contributed by atoms with Crippen LogP contribution in [0.15, 0.2) is 109 Å². The molecule has 2 heterocycles. The number of rotatable bonds is 5. The summed E-state index contributed by atoms with van der Waals surface area (Å²) < 4.78 is -0.102. The molecule has 0 bridgehead atoms. The minimum atomic E-state index is -0.102. The van der Waals surface area contributed by atoms with Crippen molar-refractivity contribution in [1.29, 1.82) is 0 Å². The monoisotopic (exact) mass is 489 g/mol. The summed E-state index contributed by atoms with van der Waals surface area (Å²) in [5.74, 6) is 0. The zero-order chi connectivity index (χ0) is 20.4. The van der Waals surface area contributed by atoms with E-state index in [1.165, 1.54) is 15.3 Å². The molecule has 1 unspecified atom stereocenters. The smallest absolute Gasteiger partial charge is 0.104 e. The summed E-state index contributed by atoms with van der Waals surface area (Å²) in [5.41, 5.74) is 4.76. The molecule has 0 aliphatic carbocycles. The maximum atomic E-state index is 4.03. The largest absolute Gasteiger partial charge is 0.311 e. The van der Waals surface area contributed by atoms with Crippen molar-refractivity contribution in [3.05, 3.63) is 119 Å². The Kier molecular flexibility index (Phi) is 5.55. The lowest BCUT2D eigenvalue weighted by Gasteiger charge is -2.27. The third-order valence-corrected chi connectivity index (χ3v) is 8.80. The number of hydrogen-bond acceptors (Lipinski definition) is 3. The Hall–Kier alpha value is -2.27. The lowest BCUT2D eigenvalue weighted by atomic mass is 10.1. The third-order valence-electron chi connectivity index (χ3n) is 5.17. The van der Waals surface area contributed by atoms with Crippen LogP contribution < -0.4 is 4.90 Å². The van der Waals surface area contributed by atoms with Crippen LogP contribution in [0.3, 0.4) is 0 Å². The van der Waals surface area contributed by atoms with E-state index in [0.29, 0.717) is 0 Å². The normalized spacial score (nSPS) is 18.2. The number of benzene rings is 3. The van der Waals surface area contributed by atoms with Crippen molar-refractivity contribution in [2.45, 2.75) is 10.1 Å². The lowest BCUT2D eigenvalue weighted by Crippen LogP contribution is -2.12. The van der Waals surface area contributed by atoms with Gasteiger partial charge in [-0.3, -0.25) is 0 Å². The van der Waals surface area contributed by atoms with Gasteiger partial charge in [0.15, 0.2) is 0 Å². The van der Waals surface area contributed by atoms with Crippen molar-refractivity contribution in [2.75, 3.05) is 4.90 Å². The van der Waals surface area contributed by atoms with Crippen LogP contribution in [-0.4, -0.2) is 0 Å². The zero-order valence-corrected chi connectivity index (χ0v) is 19.5. The fourth-order valence-corrected chi connectivity index (χ4v) is 6.67. The maximum absolute atomic E-state index is 4.03. The molecule has 1 aliphatic rings. The molecule has 0 N–H and O–H groups in total. The molecule has 1 aliphatic heterocycles. The molecule has 4 aromatic rings. The predicted molar refractivity (Wildman–Crippen MR) is 136 cm³/mol. The quantitative estimate of drug-likeness (QED) is 0.257. The number of halogens is 1. The third kappa shape index (κ3) is 3.87. The van der Waals surface area contributed by atoms with Crippen molar-refractivity contribution < 1.29 is 0 Å². The van der Waals surface area contributed by atoms with Crippen molar-refractivity contribution >= 4 is 61.0 Å². The molecule has 0 saturated heterocycles. The van der Waals surface area contributed by atoms with Gasteiger partial charge in [0.1, 0.15) is 3.66 Å². The molecule has 0 radical (unpaired) electrons. The van der Waals surface area contributed by atoms with E-state index in [4.69, 9.17) is 0 Å². The molecule has 0 amide bonds. The van der Waals surface area contributed by atoms with E-state index in [9.17, 15) is 0 Å². The average molecular weight is 490 g/mol. The second-order valence-electron chi connectivity index (χ2n) is 7.13. The number of thioether (sulfide) groups is 1. The first kappa shape index (κ1) is 19.7. The Morgan fingerprint density at radius 1 is 0.700 bits per heavy atom. The van der Waals surface area contributed by atoms with Crippen molar-refractivity contribution in [3.63, 3.8) is 0 Å².